The lowest BCUT2D eigenvalue weighted by Gasteiger charge is -2.33. The molecule has 3 heterocycles. The number of hydrogen-bond acceptors (Lipinski definition) is 5. The van der Waals surface area contributed by atoms with Gasteiger partial charge in [0.1, 0.15) is 5.69 Å². The number of nitrogens with one attached hydrogen (secondary N) is 1. The third kappa shape index (κ3) is 4.31. The average Bonchev–Trinajstić information content (AvgIpc) is 3.32. The third-order valence-electron chi connectivity index (χ3n) is 4.60. The number of aromatic amines is 1. The summed E-state index contributed by atoms with van der Waals surface area (Å²) in [4.78, 5) is 29.3. The minimum atomic E-state index is -0.158. The molecule has 3 rings (SSSR count). The average molecular weight is 376 g/mol. The van der Waals surface area contributed by atoms with Gasteiger partial charge in [0, 0.05) is 33.7 Å². The highest BCUT2D eigenvalue weighted by Gasteiger charge is 2.31. The molecule has 1 fully saturated rings. The molecule has 0 aliphatic carbocycles. The number of carbonyl (C=O) groups excluding carboxylic acids is 2. The maximum Gasteiger partial charge on any atom is 0.227 e. The molecule has 26 heavy (non-hydrogen) atoms. The van der Waals surface area contributed by atoms with E-state index in [2.05, 4.69) is 10.2 Å². The predicted octanol–water partition coefficient (Wildman–Crippen LogP) is 1.98. The lowest BCUT2D eigenvalue weighted by molar-refractivity contribution is -0.143. The van der Waals surface area contributed by atoms with Crippen molar-refractivity contribution >= 4 is 23.2 Å². The summed E-state index contributed by atoms with van der Waals surface area (Å²) < 4.78 is 5.05. The van der Waals surface area contributed by atoms with Crippen LogP contribution in [-0.4, -0.2) is 65.7 Å². The summed E-state index contributed by atoms with van der Waals surface area (Å²) in [5.41, 5.74) is 1.79. The van der Waals surface area contributed by atoms with Gasteiger partial charge in [-0.2, -0.15) is 5.10 Å². The van der Waals surface area contributed by atoms with Gasteiger partial charge in [0.05, 0.1) is 29.6 Å². The van der Waals surface area contributed by atoms with E-state index in [-0.39, 0.29) is 17.7 Å². The molecular formula is C18H24N4O3S. The van der Waals surface area contributed by atoms with Gasteiger partial charge in [0.2, 0.25) is 11.8 Å². The zero-order chi connectivity index (χ0) is 18.5. The number of thiophene rings is 1. The van der Waals surface area contributed by atoms with E-state index < -0.39 is 0 Å². The molecule has 1 N–H and O–H groups in total. The van der Waals surface area contributed by atoms with Gasteiger partial charge in [-0.15, -0.1) is 11.3 Å². The van der Waals surface area contributed by atoms with Crippen LogP contribution in [0.5, 0.6) is 0 Å². The molecule has 2 aromatic heterocycles. The van der Waals surface area contributed by atoms with Gasteiger partial charge >= 0.3 is 0 Å². The van der Waals surface area contributed by atoms with Gasteiger partial charge in [-0.3, -0.25) is 14.7 Å². The molecule has 2 aromatic rings. The number of H-pyrrole nitrogens is 1. The fraction of sp³-hybridized carbons (Fsp3) is 0.500. The first-order valence-electron chi connectivity index (χ1n) is 8.68. The Hall–Kier alpha value is -2.19. The SMILES string of the molecule is COCCN1CC(C(=O)N(C)Cc2cc(-c3cccs3)n[nH]2)CCC1=O. The molecule has 1 saturated heterocycles. The van der Waals surface area contributed by atoms with Gasteiger partial charge in [-0.1, -0.05) is 6.07 Å². The van der Waals surface area contributed by atoms with Crippen LogP contribution in [0.1, 0.15) is 18.5 Å². The largest absolute Gasteiger partial charge is 0.383 e. The van der Waals surface area contributed by atoms with Crippen molar-refractivity contribution in [2.45, 2.75) is 19.4 Å². The second-order valence-corrected chi connectivity index (χ2v) is 7.47. The van der Waals surface area contributed by atoms with Crippen molar-refractivity contribution in [3.05, 3.63) is 29.3 Å². The van der Waals surface area contributed by atoms with Gasteiger partial charge in [0.15, 0.2) is 0 Å². The summed E-state index contributed by atoms with van der Waals surface area (Å²) in [6, 6.07) is 5.99. The van der Waals surface area contributed by atoms with E-state index in [1.54, 1.807) is 35.3 Å². The molecule has 0 bridgehead atoms. The van der Waals surface area contributed by atoms with Crippen LogP contribution < -0.4 is 0 Å². The van der Waals surface area contributed by atoms with Crippen molar-refractivity contribution in [3.63, 3.8) is 0 Å². The van der Waals surface area contributed by atoms with Crippen molar-refractivity contribution in [1.29, 1.82) is 0 Å². The molecule has 1 aliphatic rings. The Morgan fingerprint density at radius 3 is 3.12 bits per heavy atom. The fourth-order valence-corrected chi connectivity index (χ4v) is 3.86. The van der Waals surface area contributed by atoms with Gasteiger partial charge in [0.25, 0.3) is 0 Å². The quantitative estimate of drug-likeness (QED) is 0.801. The van der Waals surface area contributed by atoms with Crippen molar-refractivity contribution < 1.29 is 14.3 Å². The van der Waals surface area contributed by atoms with Crippen LogP contribution in [0.4, 0.5) is 0 Å². The minimum Gasteiger partial charge on any atom is -0.383 e. The number of hydrogen-bond donors (Lipinski definition) is 1. The zero-order valence-corrected chi connectivity index (χ0v) is 15.9. The first kappa shape index (κ1) is 18.6. The van der Waals surface area contributed by atoms with E-state index >= 15 is 0 Å². The second-order valence-electron chi connectivity index (χ2n) is 6.52. The number of ether oxygens (including phenoxy) is 1. The third-order valence-corrected chi connectivity index (χ3v) is 5.50. The first-order valence-corrected chi connectivity index (χ1v) is 9.56. The minimum absolute atomic E-state index is 0.0622. The lowest BCUT2D eigenvalue weighted by Crippen LogP contribution is -2.47. The Labute approximate surface area is 156 Å². The maximum absolute atomic E-state index is 12.8. The predicted molar refractivity (Wildman–Crippen MR) is 99.6 cm³/mol. The molecule has 0 spiro atoms. The van der Waals surface area contributed by atoms with Crippen molar-refractivity contribution in [1.82, 2.24) is 20.0 Å². The maximum atomic E-state index is 12.8. The molecule has 140 valence electrons. The van der Waals surface area contributed by atoms with Crippen LogP contribution in [0.3, 0.4) is 0 Å². The fourth-order valence-electron chi connectivity index (χ4n) is 3.17. The molecule has 8 heteroatoms. The summed E-state index contributed by atoms with van der Waals surface area (Å²) in [6.07, 6.45) is 1.02. The Balaban J connectivity index is 1.58. The van der Waals surface area contributed by atoms with Crippen molar-refractivity contribution in [2.75, 3.05) is 33.9 Å². The number of likely N-dealkylation sites (tertiary alicyclic amines) is 1. The number of rotatable bonds is 7. The molecular weight excluding hydrogens is 352 g/mol. The summed E-state index contributed by atoms with van der Waals surface area (Å²) >= 11 is 1.63. The number of piperidine rings is 1. The van der Waals surface area contributed by atoms with E-state index in [9.17, 15) is 9.59 Å². The van der Waals surface area contributed by atoms with Crippen LogP contribution in [0, 0.1) is 5.92 Å². The molecule has 0 saturated carbocycles. The summed E-state index contributed by atoms with van der Waals surface area (Å²) in [5, 5.41) is 9.34. The summed E-state index contributed by atoms with van der Waals surface area (Å²) in [5.74, 6) is 0.00402. The van der Waals surface area contributed by atoms with Crippen LogP contribution in [-0.2, 0) is 20.9 Å². The Morgan fingerprint density at radius 2 is 2.38 bits per heavy atom. The number of nitrogens with zero attached hydrogens (tertiary/aromatic N) is 3. The van der Waals surface area contributed by atoms with Crippen LogP contribution >= 0.6 is 11.3 Å². The van der Waals surface area contributed by atoms with Gasteiger partial charge in [-0.25, -0.2) is 0 Å². The topological polar surface area (TPSA) is 78.5 Å². The first-order chi connectivity index (χ1) is 12.6. The normalized spacial score (nSPS) is 17.5. The van der Waals surface area contributed by atoms with Crippen LogP contribution in [0.25, 0.3) is 10.6 Å². The molecule has 1 aliphatic heterocycles. The number of aromatic nitrogens is 2. The molecule has 2 amide bonds. The van der Waals surface area contributed by atoms with Crippen molar-refractivity contribution in [2.24, 2.45) is 5.92 Å². The Morgan fingerprint density at radius 1 is 1.54 bits per heavy atom. The summed E-state index contributed by atoms with van der Waals surface area (Å²) in [7, 11) is 3.41. The number of carbonyl (C=O) groups is 2. The summed E-state index contributed by atoms with van der Waals surface area (Å²) in [6.45, 7) is 1.96. The Kier molecular flexibility index (Phi) is 6.05. The van der Waals surface area contributed by atoms with Crippen LogP contribution in [0.15, 0.2) is 23.6 Å². The van der Waals surface area contributed by atoms with Gasteiger partial charge < -0.3 is 14.5 Å². The van der Waals surface area contributed by atoms with E-state index in [1.807, 2.05) is 23.6 Å². The molecule has 1 atom stereocenters. The van der Waals surface area contributed by atoms with Gasteiger partial charge in [-0.05, 0) is 23.9 Å². The highest BCUT2D eigenvalue weighted by atomic mass is 32.1. The standard InChI is InChI=1S/C18H24N4O3S/c1-21(12-14-10-15(20-19-14)16-4-3-9-26-16)18(24)13-5-6-17(23)22(11-13)7-8-25-2/h3-4,9-10,13H,5-8,11-12H2,1-2H3,(H,19,20). The molecule has 1 unspecified atom stereocenters. The lowest BCUT2D eigenvalue weighted by atomic mass is 9.96. The van der Waals surface area contributed by atoms with Crippen molar-refractivity contribution in [3.8, 4) is 10.6 Å². The molecule has 7 nitrogen and oxygen atoms in total. The number of amides is 2. The number of methoxy groups -OCH3 is 1. The Bertz CT molecular complexity index is 743. The smallest absolute Gasteiger partial charge is 0.227 e. The monoisotopic (exact) mass is 376 g/mol. The van der Waals surface area contributed by atoms with Crippen LogP contribution in [0.2, 0.25) is 0 Å². The zero-order valence-electron chi connectivity index (χ0n) is 15.1. The molecule has 0 aromatic carbocycles. The molecule has 0 radical (unpaired) electrons. The highest BCUT2D eigenvalue weighted by molar-refractivity contribution is 7.13. The van der Waals surface area contributed by atoms with E-state index in [1.165, 1.54) is 0 Å². The van der Waals surface area contributed by atoms with E-state index in [0.717, 1.165) is 16.3 Å². The second kappa shape index (κ2) is 8.46. The highest BCUT2D eigenvalue weighted by Crippen LogP contribution is 2.24. The van der Waals surface area contributed by atoms with E-state index in [0.29, 0.717) is 39.1 Å². The van der Waals surface area contributed by atoms with E-state index in [4.69, 9.17) is 4.74 Å².